The summed E-state index contributed by atoms with van der Waals surface area (Å²) in [7, 11) is 1.36. The molecule has 3 heterocycles. The lowest BCUT2D eigenvalue weighted by atomic mass is 10.1. The Hall–Kier alpha value is -2.86. The monoisotopic (exact) mass is 337 g/mol. The summed E-state index contributed by atoms with van der Waals surface area (Å²) in [6.45, 7) is 1.87. The number of esters is 1. The lowest BCUT2D eigenvalue weighted by molar-refractivity contribution is -0.134. The van der Waals surface area contributed by atoms with Crippen molar-refractivity contribution in [3.05, 3.63) is 59.9 Å². The molecule has 0 saturated heterocycles. The lowest BCUT2D eigenvalue weighted by Gasteiger charge is -2.01. The molecule has 0 saturated carbocycles. The second-order valence-corrected chi connectivity index (χ2v) is 6.00. The third-order valence-electron chi connectivity index (χ3n) is 3.36. The summed E-state index contributed by atoms with van der Waals surface area (Å²) in [5, 5.41) is 0.852. The number of carbonyl (C=O) groups excluding carboxylic acids is 1. The summed E-state index contributed by atoms with van der Waals surface area (Å²) in [6, 6.07) is 9.49. The molecule has 0 spiro atoms. The largest absolute Gasteiger partial charge is 0.466 e. The highest BCUT2D eigenvalue weighted by atomic mass is 32.1. The SMILES string of the molecule is COC(=O)/C=C(\C)c1sc(-c2ccncc2)nc1-c1ccccn1. The van der Waals surface area contributed by atoms with Crippen LogP contribution in [0.25, 0.3) is 27.5 Å². The Kier molecular flexibility index (Phi) is 4.77. The summed E-state index contributed by atoms with van der Waals surface area (Å²) in [5.74, 6) is -0.390. The molecule has 0 amide bonds. The number of hydrogen-bond donors (Lipinski definition) is 0. The van der Waals surface area contributed by atoms with Crippen molar-refractivity contribution in [1.82, 2.24) is 15.0 Å². The first-order chi connectivity index (χ1) is 11.7. The smallest absolute Gasteiger partial charge is 0.330 e. The molecule has 3 aromatic rings. The van der Waals surface area contributed by atoms with Crippen LogP contribution >= 0.6 is 11.3 Å². The minimum Gasteiger partial charge on any atom is -0.466 e. The molecule has 6 heteroatoms. The molecule has 0 aliphatic rings. The van der Waals surface area contributed by atoms with Gasteiger partial charge in [0.05, 0.1) is 17.7 Å². The van der Waals surface area contributed by atoms with Gasteiger partial charge in [-0.1, -0.05) is 6.07 Å². The van der Waals surface area contributed by atoms with Crippen LogP contribution in [0.1, 0.15) is 11.8 Å². The van der Waals surface area contributed by atoms with Gasteiger partial charge in [-0.3, -0.25) is 9.97 Å². The molecule has 0 radical (unpaired) electrons. The fourth-order valence-corrected chi connectivity index (χ4v) is 3.23. The maximum absolute atomic E-state index is 11.6. The van der Waals surface area contributed by atoms with Crippen LogP contribution in [-0.2, 0) is 9.53 Å². The number of thiazole rings is 1. The van der Waals surface area contributed by atoms with Gasteiger partial charge in [0.15, 0.2) is 0 Å². The normalized spacial score (nSPS) is 11.3. The second-order valence-electron chi connectivity index (χ2n) is 5.00. The van der Waals surface area contributed by atoms with Crippen LogP contribution in [0.4, 0.5) is 0 Å². The van der Waals surface area contributed by atoms with E-state index in [1.165, 1.54) is 24.5 Å². The summed E-state index contributed by atoms with van der Waals surface area (Å²) in [5.41, 5.74) is 3.29. The number of rotatable bonds is 4. The zero-order valence-electron chi connectivity index (χ0n) is 13.3. The highest BCUT2D eigenvalue weighted by molar-refractivity contribution is 7.16. The Morgan fingerprint density at radius 1 is 1.17 bits per heavy atom. The van der Waals surface area contributed by atoms with Gasteiger partial charge in [0.1, 0.15) is 10.7 Å². The van der Waals surface area contributed by atoms with Crippen LogP contribution in [0.5, 0.6) is 0 Å². The molecule has 0 bridgehead atoms. The average Bonchev–Trinajstić information content (AvgIpc) is 3.08. The van der Waals surface area contributed by atoms with Crippen molar-refractivity contribution < 1.29 is 9.53 Å². The van der Waals surface area contributed by atoms with Crippen LogP contribution in [0, 0.1) is 0 Å². The first kappa shape index (κ1) is 16.0. The number of allylic oxidation sites excluding steroid dienone is 1. The van der Waals surface area contributed by atoms with Crippen molar-refractivity contribution in [3.8, 4) is 22.0 Å². The van der Waals surface area contributed by atoms with Gasteiger partial charge in [-0.25, -0.2) is 9.78 Å². The molecule has 3 aromatic heterocycles. The highest BCUT2D eigenvalue weighted by Gasteiger charge is 2.17. The quantitative estimate of drug-likeness (QED) is 0.534. The van der Waals surface area contributed by atoms with Crippen molar-refractivity contribution in [2.24, 2.45) is 0 Å². The predicted octanol–water partition coefficient (Wildman–Crippen LogP) is 3.84. The molecule has 24 heavy (non-hydrogen) atoms. The van der Waals surface area contributed by atoms with Crippen molar-refractivity contribution in [1.29, 1.82) is 0 Å². The van der Waals surface area contributed by atoms with E-state index in [4.69, 9.17) is 9.72 Å². The number of carbonyl (C=O) groups is 1. The fourth-order valence-electron chi connectivity index (χ4n) is 2.18. The van der Waals surface area contributed by atoms with E-state index in [2.05, 4.69) is 9.97 Å². The van der Waals surface area contributed by atoms with E-state index in [1.807, 2.05) is 37.3 Å². The number of aromatic nitrogens is 3. The third-order valence-corrected chi connectivity index (χ3v) is 4.60. The lowest BCUT2D eigenvalue weighted by Crippen LogP contribution is -1.96. The molecule has 3 rings (SSSR count). The molecule has 0 unspecified atom stereocenters. The van der Waals surface area contributed by atoms with Gasteiger partial charge in [-0.15, -0.1) is 11.3 Å². The predicted molar refractivity (Wildman–Crippen MR) is 94.2 cm³/mol. The Balaban J connectivity index is 2.14. The van der Waals surface area contributed by atoms with Crippen LogP contribution in [0.2, 0.25) is 0 Å². The number of methoxy groups -OCH3 is 1. The molecule has 0 aromatic carbocycles. The number of hydrogen-bond acceptors (Lipinski definition) is 6. The Morgan fingerprint density at radius 2 is 1.96 bits per heavy atom. The summed E-state index contributed by atoms with van der Waals surface area (Å²) >= 11 is 1.51. The Morgan fingerprint density at radius 3 is 2.62 bits per heavy atom. The van der Waals surface area contributed by atoms with E-state index in [-0.39, 0.29) is 0 Å². The molecule has 5 nitrogen and oxygen atoms in total. The van der Waals surface area contributed by atoms with Crippen LogP contribution in [-0.4, -0.2) is 28.0 Å². The van der Waals surface area contributed by atoms with E-state index in [0.29, 0.717) is 0 Å². The number of pyridine rings is 2. The first-order valence-corrected chi connectivity index (χ1v) is 8.10. The molecular weight excluding hydrogens is 322 g/mol. The van der Waals surface area contributed by atoms with Crippen LogP contribution in [0.3, 0.4) is 0 Å². The van der Waals surface area contributed by atoms with E-state index in [0.717, 1.165) is 32.4 Å². The van der Waals surface area contributed by atoms with E-state index >= 15 is 0 Å². The summed E-state index contributed by atoms with van der Waals surface area (Å²) < 4.78 is 4.72. The van der Waals surface area contributed by atoms with Crippen molar-refractivity contribution in [2.45, 2.75) is 6.92 Å². The van der Waals surface area contributed by atoms with E-state index in [1.54, 1.807) is 18.6 Å². The number of nitrogens with zero attached hydrogens (tertiary/aromatic N) is 3. The molecule has 0 aliphatic heterocycles. The minimum atomic E-state index is -0.390. The van der Waals surface area contributed by atoms with Crippen LogP contribution in [0.15, 0.2) is 55.0 Å². The zero-order valence-corrected chi connectivity index (χ0v) is 14.1. The van der Waals surface area contributed by atoms with Crippen molar-refractivity contribution >= 4 is 22.9 Å². The van der Waals surface area contributed by atoms with Gasteiger partial charge in [-0.05, 0) is 36.8 Å². The van der Waals surface area contributed by atoms with Gasteiger partial charge in [0.25, 0.3) is 0 Å². The van der Waals surface area contributed by atoms with Crippen LogP contribution < -0.4 is 0 Å². The maximum Gasteiger partial charge on any atom is 0.330 e. The Labute approximate surface area is 143 Å². The topological polar surface area (TPSA) is 65.0 Å². The first-order valence-electron chi connectivity index (χ1n) is 7.28. The fraction of sp³-hybridized carbons (Fsp3) is 0.111. The van der Waals surface area contributed by atoms with Gasteiger partial charge in [-0.2, -0.15) is 0 Å². The number of ether oxygens (including phenoxy) is 1. The third kappa shape index (κ3) is 3.38. The molecule has 120 valence electrons. The summed E-state index contributed by atoms with van der Waals surface area (Å²) in [4.78, 5) is 25.6. The summed E-state index contributed by atoms with van der Waals surface area (Å²) in [6.07, 6.45) is 6.65. The molecule has 0 fully saturated rings. The molecule has 0 aliphatic carbocycles. The molecule has 0 atom stereocenters. The zero-order chi connectivity index (χ0) is 16.9. The second kappa shape index (κ2) is 7.14. The van der Waals surface area contributed by atoms with E-state index < -0.39 is 5.97 Å². The van der Waals surface area contributed by atoms with Crippen molar-refractivity contribution in [3.63, 3.8) is 0 Å². The Bertz CT molecular complexity index is 874. The standard InChI is InChI=1S/C18H15N3O2S/c1-12(11-15(22)23-2)17-16(14-5-3-4-8-20-14)21-18(24-17)13-6-9-19-10-7-13/h3-11H,1-2H3/b12-11+. The molecule has 0 N–H and O–H groups in total. The van der Waals surface area contributed by atoms with Gasteiger partial charge < -0.3 is 4.74 Å². The van der Waals surface area contributed by atoms with Gasteiger partial charge >= 0.3 is 5.97 Å². The van der Waals surface area contributed by atoms with Gasteiger partial charge in [0.2, 0.25) is 0 Å². The minimum absolute atomic E-state index is 0.390. The van der Waals surface area contributed by atoms with E-state index in [9.17, 15) is 4.79 Å². The highest BCUT2D eigenvalue weighted by Crippen LogP contribution is 2.36. The van der Waals surface area contributed by atoms with Gasteiger partial charge in [0, 0.05) is 30.2 Å². The maximum atomic E-state index is 11.6. The average molecular weight is 337 g/mol. The molecular formula is C18H15N3O2S. The van der Waals surface area contributed by atoms with Crippen molar-refractivity contribution in [2.75, 3.05) is 7.11 Å².